The lowest BCUT2D eigenvalue weighted by Gasteiger charge is -2.10. The van der Waals surface area contributed by atoms with Crippen molar-refractivity contribution in [2.75, 3.05) is 4.72 Å². The summed E-state index contributed by atoms with van der Waals surface area (Å²) in [7, 11) is -4.33. The van der Waals surface area contributed by atoms with E-state index in [4.69, 9.17) is 5.26 Å². The zero-order valence-electron chi connectivity index (χ0n) is 13.9. The van der Waals surface area contributed by atoms with Gasteiger partial charge in [-0.25, -0.2) is 13.8 Å². The van der Waals surface area contributed by atoms with Crippen LogP contribution in [-0.4, -0.2) is 17.8 Å². The molecule has 0 aliphatic heterocycles. The number of rotatable bonds is 4. The van der Waals surface area contributed by atoms with Gasteiger partial charge in [0.25, 0.3) is 10.0 Å². The summed E-state index contributed by atoms with van der Waals surface area (Å²) < 4.78 is 56.5. The average Bonchev–Trinajstić information content (AvgIpc) is 3.04. The van der Waals surface area contributed by atoms with Crippen LogP contribution in [0, 0.1) is 41.2 Å². The van der Waals surface area contributed by atoms with Gasteiger partial charge in [0.15, 0.2) is 10.7 Å². The summed E-state index contributed by atoms with van der Waals surface area (Å²) >= 11 is 0. The van der Waals surface area contributed by atoms with Crippen molar-refractivity contribution in [3.05, 3.63) is 58.9 Å². The van der Waals surface area contributed by atoms with Crippen LogP contribution in [0.25, 0.3) is 5.65 Å². The summed E-state index contributed by atoms with van der Waals surface area (Å²) in [6.45, 7) is 1.68. The first kappa shape index (κ1) is 18.3. The van der Waals surface area contributed by atoms with Gasteiger partial charge in [0, 0.05) is 17.8 Å². The highest BCUT2D eigenvalue weighted by atomic mass is 32.2. The maximum atomic E-state index is 14.1. The van der Waals surface area contributed by atoms with Crippen molar-refractivity contribution in [2.24, 2.45) is 0 Å². The molecule has 0 bridgehead atoms. The van der Waals surface area contributed by atoms with Gasteiger partial charge < -0.3 is 0 Å². The van der Waals surface area contributed by atoms with Crippen molar-refractivity contribution < 1.29 is 17.2 Å². The number of imidazole rings is 1. The second-order valence-corrected chi connectivity index (χ2v) is 7.27. The molecule has 2 heterocycles. The molecule has 0 atom stereocenters. The first-order valence-electron chi connectivity index (χ1n) is 7.53. The van der Waals surface area contributed by atoms with Crippen LogP contribution >= 0.6 is 0 Å². The van der Waals surface area contributed by atoms with Crippen molar-refractivity contribution in [1.82, 2.24) is 9.38 Å². The van der Waals surface area contributed by atoms with Gasteiger partial charge in [0.05, 0.1) is 29.9 Å². The Balaban J connectivity index is 2.07. The van der Waals surface area contributed by atoms with Crippen molar-refractivity contribution in [3.63, 3.8) is 0 Å². The fourth-order valence-electron chi connectivity index (χ4n) is 2.54. The molecule has 3 aromatic rings. The fourth-order valence-corrected chi connectivity index (χ4v) is 3.69. The molecule has 0 saturated heterocycles. The van der Waals surface area contributed by atoms with Crippen molar-refractivity contribution in [2.45, 2.75) is 18.4 Å². The number of anilines is 1. The van der Waals surface area contributed by atoms with Gasteiger partial charge in [-0.2, -0.15) is 18.9 Å². The number of sulfonamides is 1. The predicted molar refractivity (Wildman–Crippen MR) is 91.1 cm³/mol. The minimum Gasteiger partial charge on any atom is -0.288 e. The largest absolute Gasteiger partial charge is 0.288 e. The normalized spacial score (nSPS) is 11.1. The van der Waals surface area contributed by atoms with E-state index in [0.29, 0.717) is 11.6 Å². The molecule has 0 amide bonds. The number of nitrogens with one attached hydrogen (secondary N) is 1. The number of aromatic nitrogens is 2. The van der Waals surface area contributed by atoms with E-state index in [-0.39, 0.29) is 28.2 Å². The molecule has 1 aromatic carbocycles. The van der Waals surface area contributed by atoms with Crippen LogP contribution in [0.2, 0.25) is 0 Å². The van der Waals surface area contributed by atoms with Gasteiger partial charge >= 0.3 is 0 Å². The van der Waals surface area contributed by atoms with Gasteiger partial charge in [0.2, 0.25) is 0 Å². The van der Waals surface area contributed by atoms with Crippen LogP contribution in [0.4, 0.5) is 14.5 Å². The molecule has 136 valence electrons. The number of hydrogen-bond acceptors (Lipinski definition) is 5. The van der Waals surface area contributed by atoms with Crippen LogP contribution < -0.4 is 4.72 Å². The van der Waals surface area contributed by atoms with Crippen LogP contribution in [0.3, 0.4) is 0 Å². The number of benzene rings is 1. The van der Waals surface area contributed by atoms with Gasteiger partial charge in [-0.15, -0.1) is 0 Å². The molecule has 1 N–H and O–H groups in total. The quantitative estimate of drug-likeness (QED) is 0.740. The van der Waals surface area contributed by atoms with Crippen LogP contribution in [0.1, 0.15) is 16.7 Å². The Morgan fingerprint density at radius 1 is 1.26 bits per heavy atom. The topological polar surface area (TPSA) is 111 Å². The van der Waals surface area contributed by atoms with Crippen molar-refractivity contribution in [1.29, 1.82) is 10.5 Å². The molecule has 0 aliphatic rings. The standard InChI is InChI=1S/C17H11F2N5O2S/c1-10-3-5-24-16(9-22-17(24)12(10)8-21)27(25,26)23-15-7-13(18)11(2-4-20)6-14(15)19/h3,5-7,9,23H,2H2,1H3. The lowest BCUT2D eigenvalue weighted by atomic mass is 10.1. The summed E-state index contributed by atoms with van der Waals surface area (Å²) in [5, 5.41) is 17.5. The number of aryl methyl sites for hydroxylation is 1. The van der Waals surface area contributed by atoms with E-state index < -0.39 is 27.3 Å². The van der Waals surface area contributed by atoms with Gasteiger partial charge in [-0.05, 0) is 24.6 Å². The van der Waals surface area contributed by atoms with E-state index in [1.54, 1.807) is 19.1 Å². The SMILES string of the molecule is Cc1ccn2c(S(=O)(=O)Nc3cc(F)c(CC#N)cc3F)cnc2c1C#N. The minimum absolute atomic E-state index is 0.133. The maximum Gasteiger partial charge on any atom is 0.279 e. The molecule has 10 heteroatoms. The van der Waals surface area contributed by atoms with E-state index in [2.05, 4.69) is 4.98 Å². The second-order valence-electron chi connectivity index (χ2n) is 5.64. The second kappa shape index (κ2) is 6.67. The van der Waals surface area contributed by atoms with E-state index in [0.717, 1.165) is 12.3 Å². The summed E-state index contributed by atoms with van der Waals surface area (Å²) in [6.07, 6.45) is 2.09. The molecule has 7 nitrogen and oxygen atoms in total. The van der Waals surface area contributed by atoms with Gasteiger partial charge in [-0.3, -0.25) is 9.12 Å². The first-order chi connectivity index (χ1) is 12.8. The van der Waals surface area contributed by atoms with Crippen molar-refractivity contribution in [3.8, 4) is 12.1 Å². The zero-order valence-corrected chi connectivity index (χ0v) is 14.7. The monoisotopic (exact) mass is 387 g/mol. The van der Waals surface area contributed by atoms with Crippen LogP contribution in [0.5, 0.6) is 0 Å². The summed E-state index contributed by atoms with van der Waals surface area (Å²) in [6, 6.07) is 6.63. The molecule has 3 rings (SSSR count). The van der Waals surface area contributed by atoms with E-state index in [9.17, 15) is 22.5 Å². The smallest absolute Gasteiger partial charge is 0.279 e. The molecule has 0 saturated carbocycles. The van der Waals surface area contributed by atoms with Gasteiger partial charge in [-0.1, -0.05) is 0 Å². The minimum atomic E-state index is -4.33. The number of fused-ring (bicyclic) bond motifs is 1. The van der Waals surface area contributed by atoms with E-state index in [1.165, 1.54) is 10.6 Å². The third-order valence-electron chi connectivity index (χ3n) is 3.89. The Kier molecular flexibility index (Phi) is 4.52. The Bertz CT molecular complexity index is 1250. The van der Waals surface area contributed by atoms with Crippen LogP contribution in [-0.2, 0) is 16.4 Å². The molecule has 0 radical (unpaired) electrons. The highest BCUT2D eigenvalue weighted by Gasteiger charge is 2.23. The highest BCUT2D eigenvalue weighted by molar-refractivity contribution is 7.92. The number of hydrogen-bond donors (Lipinski definition) is 1. The lowest BCUT2D eigenvalue weighted by molar-refractivity contribution is 0.587. The summed E-state index contributed by atoms with van der Waals surface area (Å²) in [4.78, 5) is 3.95. The number of pyridine rings is 1. The fraction of sp³-hybridized carbons (Fsp3) is 0.118. The van der Waals surface area contributed by atoms with Crippen LogP contribution in [0.15, 0.2) is 35.6 Å². The molecular formula is C17H11F2N5O2S. The Morgan fingerprint density at radius 2 is 2.00 bits per heavy atom. The van der Waals surface area contributed by atoms with E-state index >= 15 is 0 Å². The molecule has 0 aliphatic carbocycles. The number of nitrogens with zero attached hydrogens (tertiary/aromatic N) is 4. The summed E-state index contributed by atoms with van der Waals surface area (Å²) in [5.41, 5.74) is 0.179. The van der Waals surface area contributed by atoms with Gasteiger partial charge in [0.1, 0.15) is 17.7 Å². The summed E-state index contributed by atoms with van der Waals surface area (Å²) in [5.74, 6) is -1.93. The van der Waals surface area contributed by atoms with E-state index in [1.807, 2.05) is 10.8 Å². The number of nitriles is 2. The first-order valence-corrected chi connectivity index (χ1v) is 9.01. The Labute approximate surface area is 153 Å². The molecule has 2 aromatic heterocycles. The third-order valence-corrected chi connectivity index (χ3v) is 5.23. The molecule has 0 unspecified atom stereocenters. The number of halogens is 2. The third kappa shape index (κ3) is 3.18. The maximum absolute atomic E-state index is 14.1. The predicted octanol–water partition coefficient (Wildman–Crippen LogP) is 2.66. The zero-order chi connectivity index (χ0) is 19.8. The highest BCUT2D eigenvalue weighted by Crippen LogP contribution is 2.24. The molecule has 27 heavy (non-hydrogen) atoms. The lowest BCUT2D eigenvalue weighted by Crippen LogP contribution is -2.16. The van der Waals surface area contributed by atoms with Crippen molar-refractivity contribution >= 4 is 21.4 Å². The Hall–Kier alpha value is -3.50. The molecule has 0 fully saturated rings. The average molecular weight is 387 g/mol. The molecular weight excluding hydrogens is 376 g/mol. The Morgan fingerprint density at radius 3 is 2.67 bits per heavy atom. The molecule has 0 spiro atoms.